The zero-order valence-electron chi connectivity index (χ0n) is 12.8. The normalized spacial score (nSPS) is 11.3. The smallest absolute Gasteiger partial charge is 0.261 e. The second kappa shape index (κ2) is 5.35. The molecule has 0 amide bonds. The van der Waals surface area contributed by atoms with Gasteiger partial charge in [0.25, 0.3) is 5.56 Å². The molecule has 3 aromatic heterocycles. The van der Waals surface area contributed by atoms with E-state index in [1.807, 2.05) is 42.6 Å². The van der Waals surface area contributed by atoms with Crippen LogP contribution in [-0.2, 0) is 6.54 Å². The van der Waals surface area contributed by atoms with Crippen molar-refractivity contribution in [2.24, 2.45) is 0 Å². The van der Waals surface area contributed by atoms with Crippen LogP contribution in [0.15, 0.2) is 59.8 Å². The van der Waals surface area contributed by atoms with Crippen LogP contribution in [-0.4, -0.2) is 19.2 Å². The number of aryl methyl sites for hydroxylation is 1. The fraction of sp³-hybridized carbons (Fsp3) is 0.167. The molecule has 5 heteroatoms. The molecule has 0 N–H and O–H groups in total. The van der Waals surface area contributed by atoms with Crippen LogP contribution in [0.3, 0.4) is 0 Å². The van der Waals surface area contributed by atoms with Crippen molar-refractivity contribution in [2.75, 3.05) is 0 Å². The van der Waals surface area contributed by atoms with Crippen LogP contribution in [0.1, 0.15) is 13.3 Å². The quantitative estimate of drug-likeness (QED) is 0.584. The van der Waals surface area contributed by atoms with Crippen LogP contribution in [0, 0.1) is 0 Å². The van der Waals surface area contributed by atoms with Gasteiger partial charge in [-0.15, -0.1) is 0 Å². The van der Waals surface area contributed by atoms with E-state index in [0.717, 1.165) is 28.7 Å². The topological polar surface area (TPSA) is 52.2 Å². The SMILES string of the molecule is CCCn1ccc2c(cnc3c(-c4ccccc4)cnn32)c1=O. The van der Waals surface area contributed by atoms with Gasteiger partial charge >= 0.3 is 0 Å². The summed E-state index contributed by atoms with van der Waals surface area (Å²) >= 11 is 0. The van der Waals surface area contributed by atoms with Crippen molar-refractivity contribution in [3.8, 4) is 11.1 Å². The molecule has 3 heterocycles. The Balaban J connectivity index is 1.99. The molecule has 0 radical (unpaired) electrons. The zero-order chi connectivity index (χ0) is 15.8. The van der Waals surface area contributed by atoms with Crippen LogP contribution in [0.5, 0.6) is 0 Å². The number of aromatic nitrogens is 4. The Morgan fingerprint density at radius 2 is 1.91 bits per heavy atom. The van der Waals surface area contributed by atoms with Crippen molar-refractivity contribution >= 4 is 16.6 Å². The third-order valence-corrected chi connectivity index (χ3v) is 4.02. The Labute approximate surface area is 132 Å². The molecular formula is C18H16N4O. The van der Waals surface area contributed by atoms with Gasteiger partial charge in [0, 0.05) is 24.5 Å². The Morgan fingerprint density at radius 1 is 1.09 bits per heavy atom. The number of pyridine rings is 1. The second-order valence-electron chi connectivity index (χ2n) is 5.53. The highest BCUT2D eigenvalue weighted by molar-refractivity contribution is 5.84. The highest BCUT2D eigenvalue weighted by atomic mass is 16.1. The first-order valence-electron chi connectivity index (χ1n) is 7.71. The van der Waals surface area contributed by atoms with E-state index in [2.05, 4.69) is 17.0 Å². The molecule has 0 atom stereocenters. The Bertz CT molecular complexity index is 1050. The summed E-state index contributed by atoms with van der Waals surface area (Å²) in [6.45, 7) is 2.76. The van der Waals surface area contributed by atoms with Crippen LogP contribution >= 0.6 is 0 Å². The Morgan fingerprint density at radius 3 is 2.70 bits per heavy atom. The van der Waals surface area contributed by atoms with E-state index in [0.29, 0.717) is 11.9 Å². The summed E-state index contributed by atoms with van der Waals surface area (Å²) in [5, 5.41) is 5.04. The minimum atomic E-state index is -0.0180. The predicted octanol–water partition coefficient (Wildman–Crippen LogP) is 3.12. The lowest BCUT2D eigenvalue weighted by atomic mass is 10.1. The van der Waals surface area contributed by atoms with Gasteiger partial charge in [-0.2, -0.15) is 5.10 Å². The first kappa shape index (κ1) is 13.7. The molecule has 0 bridgehead atoms. The summed E-state index contributed by atoms with van der Waals surface area (Å²) in [4.78, 5) is 17.0. The molecule has 0 aliphatic heterocycles. The van der Waals surface area contributed by atoms with Crippen LogP contribution in [0.2, 0.25) is 0 Å². The van der Waals surface area contributed by atoms with Gasteiger partial charge in [-0.05, 0) is 18.1 Å². The van der Waals surface area contributed by atoms with Gasteiger partial charge < -0.3 is 4.57 Å². The molecule has 0 fully saturated rings. The van der Waals surface area contributed by atoms with Gasteiger partial charge in [-0.25, -0.2) is 9.50 Å². The highest BCUT2D eigenvalue weighted by Crippen LogP contribution is 2.24. The molecule has 0 aliphatic carbocycles. The average molecular weight is 304 g/mol. The van der Waals surface area contributed by atoms with Gasteiger partial charge in [-0.1, -0.05) is 37.3 Å². The first-order valence-corrected chi connectivity index (χ1v) is 7.71. The molecule has 0 unspecified atom stereocenters. The second-order valence-corrected chi connectivity index (χ2v) is 5.53. The summed E-state index contributed by atoms with van der Waals surface area (Å²) in [6.07, 6.45) is 6.21. The summed E-state index contributed by atoms with van der Waals surface area (Å²) in [7, 11) is 0. The zero-order valence-corrected chi connectivity index (χ0v) is 12.8. The summed E-state index contributed by atoms with van der Waals surface area (Å²) in [5.74, 6) is 0. The Hall–Kier alpha value is -2.95. The van der Waals surface area contributed by atoms with Crippen molar-refractivity contribution in [3.63, 3.8) is 0 Å². The fourth-order valence-corrected chi connectivity index (χ4v) is 2.89. The molecule has 0 aliphatic rings. The third kappa shape index (κ3) is 2.12. The van der Waals surface area contributed by atoms with Crippen LogP contribution in [0.25, 0.3) is 27.7 Å². The van der Waals surface area contributed by atoms with Crippen LogP contribution in [0.4, 0.5) is 0 Å². The van der Waals surface area contributed by atoms with Crippen molar-refractivity contribution < 1.29 is 0 Å². The number of hydrogen-bond acceptors (Lipinski definition) is 3. The maximum atomic E-state index is 12.5. The molecule has 5 nitrogen and oxygen atoms in total. The van der Waals surface area contributed by atoms with E-state index < -0.39 is 0 Å². The standard InChI is InChI=1S/C18H16N4O/c1-2-9-21-10-8-16-15(18(21)23)11-19-17-14(12-20-22(16)17)13-6-4-3-5-7-13/h3-8,10-12H,2,9H2,1H3. The van der Waals surface area contributed by atoms with E-state index in [1.54, 1.807) is 21.5 Å². The van der Waals surface area contributed by atoms with Crippen molar-refractivity contribution in [1.82, 2.24) is 19.2 Å². The Kier molecular flexibility index (Phi) is 3.19. The van der Waals surface area contributed by atoms with Gasteiger partial charge in [0.05, 0.1) is 17.1 Å². The van der Waals surface area contributed by atoms with E-state index in [1.165, 1.54) is 0 Å². The lowest BCUT2D eigenvalue weighted by molar-refractivity contribution is 0.658. The maximum Gasteiger partial charge on any atom is 0.261 e. The molecule has 1 aromatic carbocycles. The molecule has 23 heavy (non-hydrogen) atoms. The predicted molar refractivity (Wildman–Crippen MR) is 90.5 cm³/mol. The van der Waals surface area contributed by atoms with Gasteiger partial charge in [-0.3, -0.25) is 4.79 Å². The van der Waals surface area contributed by atoms with Crippen molar-refractivity contribution in [2.45, 2.75) is 19.9 Å². The highest BCUT2D eigenvalue weighted by Gasteiger charge is 2.12. The lowest BCUT2D eigenvalue weighted by Gasteiger charge is -2.06. The van der Waals surface area contributed by atoms with E-state index >= 15 is 0 Å². The number of benzene rings is 1. The van der Waals surface area contributed by atoms with Gasteiger partial charge in [0.2, 0.25) is 0 Å². The molecule has 0 spiro atoms. The van der Waals surface area contributed by atoms with E-state index in [9.17, 15) is 4.79 Å². The summed E-state index contributed by atoms with van der Waals surface area (Å²) in [6, 6.07) is 12.0. The first-order chi connectivity index (χ1) is 11.3. The molecule has 0 saturated heterocycles. The lowest BCUT2D eigenvalue weighted by Crippen LogP contribution is -2.20. The van der Waals surface area contributed by atoms with Gasteiger partial charge in [0.15, 0.2) is 5.65 Å². The van der Waals surface area contributed by atoms with Crippen LogP contribution < -0.4 is 5.56 Å². The average Bonchev–Trinajstić information content (AvgIpc) is 3.02. The van der Waals surface area contributed by atoms with Gasteiger partial charge in [0.1, 0.15) is 0 Å². The number of hydrogen-bond donors (Lipinski definition) is 0. The summed E-state index contributed by atoms with van der Waals surface area (Å²) in [5.41, 5.74) is 3.56. The fourth-order valence-electron chi connectivity index (χ4n) is 2.89. The molecule has 4 aromatic rings. The summed E-state index contributed by atoms with van der Waals surface area (Å²) < 4.78 is 3.47. The monoisotopic (exact) mass is 304 g/mol. The third-order valence-electron chi connectivity index (χ3n) is 4.02. The minimum Gasteiger partial charge on any atom is -0.315 e. The van der Waals surface area contributed by atoms with Crippen molar-refractivity contribution in [1.29, 1.82) is 0 Å². The minimum absolute atomic E-state index is 0.0180. The van der Waals surface area contributed by atoms with E-state index in [4.69, 9.17) is 0 Å². The molecule has 0 saturated carbocycles. The number of fused-ring (bicyclic) bond motifs is 3. The number of rotatable bonds is 3. The van der Waals surface area contributed by atoms with E-state index in [-0.39, 0.29) is 5.56 Å². The maximum absolute atomic E-state index is 12.5. The largest absolute Gasteiger partial charge is 0.315 e. The molecular weight excluding hydrogens is 288 g/mol. The molecule has 4 rings (SSSR count). The van der Waals surface area contributed by atoms with Crippen molar-refractivity contribution in [3.05, 3.63) is 65.3 Å². The number of nitrogens with zero attached hydrogens (tertiary/aromatic N) is 4. The molecule has 114 valence electrons.